The van der Waals surface area contributed by atoms with Crippen LogP contribution in [0.5, 0.6) is 5.75 Å². The molecule has 0 saturated heterocycles. The van der Waals surface area contributed by atoms with Gasteiger partial charge in [0, 0.05) is 17.5 Å². The topological polar surface area (TPSA) is 106 Å². The van der Waals surface area contributed by atoms with Gasteiger partial charge in [-0.1, -0.05) is 76.8 Å². The molecule has 12 heteroatoms. The molecule has 222 valence electrons. The second-order valence-electron chi connectivity index (χ2n) is 9.28. The van der Waals surface area contributed by atoms with Crippen LogP contribution in [0.4, 0.5) is 18.9 Å². The Balaban J connectivity index is 1.91. The van der Waals surface area contributed by atoms with Crippen LogP contribution >= 0.6 is 11.8 Å². The van der Waals surface area contributed by atoms with Gasteiger partial charge in [0.25, 0.3) is 0 Å². The molecule has 2 N–H and O–H groups in total. The third kappa shape index (κ3) is 12.6. The van der Waals surface area contributed by atoms with Crippen molar-refractivity contribution in [1.29, 1.82) is 0 Å². The summed E-state index contributed by atoms with van der Waals surface area (Å²) in [5.74, 6) is -0.380. The van der Waals surface area contributed by atoms with Crippen LogP contribution in [0.25, 0.3) is 6.08 Å². The Labute approximate surface area is 238 Å². The fraction of sp³-hybridized carbons (Fsp3) is 0.500. The third-order valence-corrected chi connectivity index (χ3v) is 7.98. The van der Waals surface area contributed by atoms with Crippen molar-refractivity contribution in [1.82, 2.24) is 4.98 Å². The number of anilines is 1. The van der Waals surface area contributed by atoms with E-state index in [2.05, 4.69) is 11.9 Å². The average Bonchev–Trinajstić information content (AvgIpc) is 2.89. The Morgan fingerprint density at radius 1 is 1.02 bits per heavy atom. The molecule has 0 fully saturated rings. The summed E-state index contributed by atoms with van der Waals surface area (Å²) >= 11 is 1.26. The van der Waals surface area contributed by atoms with Crippen LogP contribution in [0, 0.1) is 0 Å². The van der Waals surface area contributed by atoms with Crippen LogP contribution in [0.1, 0.15) is 82.4 Å². The minimum atomic E-state index is -5.52. The maximum absolute atomic E-state index is 12.7. The molecule has 0 unspecified atom stereocenters. The van der Waals surface area contributed by atoms with Crippen molar-refractivity contribution in [3.8, 4) is 5.75 Å². The fourth-order valence-corrected chi connectivity index (χ4v) is 5.16. The minimum absolute atomic E-state index is 0.204. The predicted octanol–water partition coefficient (Wildman–Crippen LogP) is 8.03. The van der Waals surface area contributed by atoms with Crippen molar-refractivity contribution >= 4 is 39.5 Å². The van der Waals surface area contributed by atoms with Gasteiger partial charge in [-0.15, -0.1) is 11.8 Å². The minimum Gasteiger partial charge on any atom is -0.491 e. The summed E-state index contributed by atoms with van der Waals surface area (Å²) in [5, 5.41) is 9.58. The zero-order valence-corrected chi connectivity index (χ0v) is 24.2. The van der Waals surface area contributed by atoms with Gasteiger partial charge in [-0.25, -0.2) is 9.78 Å². The van der Waals surface area contributed by atoms with Gasteiger partial charge >= 0.3 is 21.5 Å². The van der Waals surface area contributed by atoms with Crippen molar-refractivity contribution in [2.75, 3.05) is 11.3 Å². The van der Waals surface area contributed by atoms with Gasteiger partial charge in [0.1, 0.15) is 11.4 Å². The standard InChI is InChI=1S/C28H37F3N2O5S2/c1-2-3-4-5-6-7-8-9-10-11-19-38-25-16-17-26(32-24(25)15-18-27(34)35)39-21-22-13-12-14-23(20-22)33-40(36,37)28(29,30)31/h12-18,20,33H,2-11,19,21H2,1H3,(H,34,35). The number of thioether (sulfide) groups is 1. The second-order valence-corrected chi connectivity index (χ2v) is 11.9. The molecule has 0 bridgehead atoms. The molecule has 0 aliphatic heterocycles. The summed E-state index contributed by atoms with van der Waals surface area (Å²) in [5.41, 5.74) is -4.70. The predicted molar refractivity (Wildman–Crippen MR) is 153 cm³/mol. The molecule has 0 spiro atoms. The van der Waals surface area contributed by atoms with Gasteiger partial charge < -0.3 is 9.84 Å². The van der Waals surface area contributed by atoms with Crippen LogP contribution in [0.2, 0.25) is 0 Å². The first kappa shape index (κ1) is 33.5. The van der Waals surface area contributed by atoms with Crippen LogP contribution in [0.15, 0.2) is 47.5 Å². The lowest BCUT2D eigenvalue weighted by Gasteiger charge is -2.12. The number of aliphatic carboxylic acids is 1. The number of nitrogens with one attached hydrogen (secondary N) is 1. The lowest BCUT2D eigenvalue weighted by molar-refractivity contribution is -0.131. The number of unbranched alkanes of at least 4 members (excludes halogenated alkanes) is 9. The number of pyridine rings is 1. The fourth-order valence-electron chi connectivity index (χ4n) is 3.78. The summed E-state index contributed by atoms with van der Waals surface area (Å²) in [4.78, 5) is 15.5. The SMILES string of the molecule is CCCCCCCCCCCCOc1ccc(SCc2cccc(NS(=O)(=O)C(F)(F)F)c2)nc1C=CC(=O)O. The average molecular weight is 603 g/mol. The maximum atomic E-state index is 12.7. The number of alkyl halides is 3. The van der Waals surface area contributed by atoms with Crippen LogP contribution < -0.4 is 9.46 Å². The normalized spacial score (nSPS) is 12.1. The Morgan fingerprint density at radius 2 is 1.68 bits per heavy atom. The molecule has 2 aromatic rings. The number of benzene rings is 1. The van der Waals surface area contributed by atoms with E-state index in [-0.39, 0.29) is 11.4 Å². The monoisotopic (exact) mass is 602 g/mol. The van der Waals surface area contributed by atoms with Gasteiger partial charge in [-0.2, -0.15) is 21.6 Å². The Hall–Kier alpha value is -2.73. The number of rotatable bonds is 19. The highest BCUT2D eigenvalue weighted by atomic mass is 32.2. The number of hydrogen-bond acceptors (Lipinski definition) is 6. The highest BCUT2D eigenvalue weighted by molar-refractivity contribution is 7.98. The molecule has 0 radical (unpaired) electrons. The lowest BCUT2D eigenvalue weighted by Crippen LogP contribution is -2.29. The van der Waals surface area contributed by atoms with Crippen LogP contribution in [-0.4, -0.2) is 36.6 Å². The number of halogens is 3. The van der Waals surface area contributed by atoms with E-state index in [0.29, 0.717) is 28.6 Å². The molecular weight excluding hydrogens is 565 g/mol. The molecule has 2 rings (SSSR count). The molecule has 1 aromatic carbocycles. The molecule has 0 atom stereocenters. The molecular formula is C28H37F3N2O5S2. The molecule has 7 nitrogen and oxygen atoms in total. The molecule has 40 heavy (non-hydrogen) atoms. The van der Waals surface area contributed by atoms with Crippen molar-refractivity contribution < 1.29 is 36.2 Å². The van der Waals surface area contributed by atoms with E-state index in [0.717, 1.165) is 25.3 Å². The number of carbonyl (C=O) groups is 1. The van der Waals surface area contributed by atoms with Crippen molar-refractivity contribution in [3.63, 3.8) is 0 Å². The quantitative estimate of drug-likeness (QED) is 0.0952. The van der Waals surface area contributed by atoms with E-state index in [1.807, 2.05) is 0 Å². The summed E-state index contributed by atoms with van der Waals surface area (Å²) in [6.45, 7) is 2.70. The third-order valence-electron chi connectivity index (χ3n) is 5.87. The number of aromatic nitrogens is 1. The molecule has 0 aliphatic carbocycles. The van der Waals surface area contributed by atoms with Crippen LogP contribution in [0.3, 0.4) is 0 Å². The first-order valence-corrected chi connectivity index (χ1v) is 15.8. The number of ether oxygens (including phenoxy) is 1. The van der Waals surface area contributed by atoms with Gasteiger partial charge in [-0.05, 0) is 42.3 Å². The Morgan fingerprint density at radius 3 is 2.30 bits per heavy atom. The lowest BCUT2D eigenvalue weighted by atomic mass is 10.1. The first-order chi connectivity index (χ1) is 19.0. The molecule has 0 saturated carbocycles. The van der Waals surface area contributed by atoms with Crippen LogP contribution in [-0.2, 0) is 20.6 Å². The number of hydrogen-bond donors (Lipinski definition) is 2. The number of nitrogens with zero attached hydrogens (tertiary/aromatic N) is 1. The number of carboxylic acids is 1. The summed E-state index contributed by atoms with van der Waals surface area (Å²) in [6, 6.07) is 9.06. The van der Waals surface area contributed by atoms with Gasteiger partial charge in [-0.3, -0.25) is 4.72 Å². The first-order valence-electron chi connectivity index (χ1n) is 13.4. The molecule has 0 amide bonds. The van der Waals surface area contributed by atoms with E-state index in [9.17, 15) is 26.4 Å². The summed E-state index contributed by atoms with van der Waals surface area (Å²) < 4.78 is 68.1. The van der Waals surface area contributed by atoms with E-state index >= 15 is 0 Å². The molecule has 1 aromatic heterocycles. The van der Waals surface area contributed by atoms with Crippen molar-refractivity contribution in [3.05, 3.63) is 53.7 Å². The molecule has 0 aliphatic rings. The second kappa shape index (κ2) is 17.2. The van der Waals surface area contributed by atoms with Crippen molar-refractivity contribution in [2.24, 2.45) is 0 Å². The highest BCUT2D eigenvalue weighted by Gasteiger charge is 2.46. The Kier molecular flexibility index (Phi) is 14.4. The van der Waals surface area contributed by atoms with Gasteiger partial charge in [0.05, 0.1) is 11.6 Å². The summed E-state index contributed by atoms with van der Waals surface area (Å²) in [7, 11) is -5.52. The summed E-state index contributed by atoms with van der Waals surface area (Å²) in [6.07, 6.45) is 14.3. The van der Waals surface area contributed by atoms with Gasteiger partial charge in [0.2, 0.25) is 0 Å². The Bertz CT molecular complexity index is 1200. The van der Waals surface area contributed by atoms with Gasteiger partial charge in [0.15, 0.2) is 0 Å². The number of carboxylic acid groups (broad SMARTS) is 1. The van der Waals surface area contributed by atoms with E-state index < -0.39 is 21.5 Å². The molecule has 1 heterocycles. The largest absolute Gasteiger partial charge is 0.516 e. The van der Waals surface area contributed by atoms with E-state index in [4.69, 9.17) is 9.84 Å². The highest BCUT2D eigenvalue weighted by Crippen LogP contribution is 2.29. The zero-order valence-electron chi connectivity index (χ0n) is 22.6. The zero-order chi connectivity index (χ0) is 29.4. The van der Waals surface area contributed by atoms with E-state index in [1.54, 1.807) is 18.2 Å². The maximum Gasteiger partial charge on any atom is 0.516 e. The van der Waals surface area contributed by atoms with Crippen molar-refractivity contribution in [2.45, 2.75) is 87.4 Å². The number of sulfonamides is 1. The van der Waals surface area contributed by atoms with E-state index in [1.165, 1.54) is 85.7 Å². The smallest absolute Gasteiger partial charge is 0.491 e.